The minimum absolute atomic E-state index is 0.129. The van der Waals surface area contributed by atoms with Crippen LogP contribution >= 0.6 is 0 Å². The fourth-order valence-corrected chi connectivity index (χ4v) is 2.59. The summed E-state index contributed by atoms with van der Waals surface area (Å²) in [7, 11) is 0. The summed E-state index contributed by atoms with van der Waals surface area (Å²) in [5.41, 5.74) is 6.75. The summed E-state index contributed by atoms with van der Waals surface area (Å²) < 4.78 is 0. The number of hydrogen-bond acceptors (Lipinski definition) is 2. The van der Waals surface area contributed by atoms with Crippen LogP contribution in [0.5, 0.6) is 0 Å². The molecule has 1 aromatic carbocycles. The molecule has 1 aliphatic carbocycles. The van der Waals surface area contributed by atoms with Crippen LogP contribution in [0, 0.1) is 0 Å². The van der Waals surface area contributed by atoms with Crippen LogP contribution in [0.4, 0.5) is 0 Å². The molecule has 1 aromatic rings. The lowest BCUT2D eigenvalue weighted by Gasteiger charge is -2.37. The molecule has 1 atom stereocenters. The van der Waals surface area contributed by atoms with Gasteiger partial charge < -0.3 is 10.8 Å². The minimum atomic E-state index is -0.631. The van der Waals surface area contributed by atoms with Crippen molar-refractivity contribution in [2.45, 2.75) is 50.2 Å². The number of nitrogens with two attached hydrogens (primary N) is 1. The molecule has 0 aromatic heterocycles. The molecule has 0 unspecified atom stereocenters. The van der Waals surface area contributed by atoms with Gasteiger partial charge in [0.2, 0.25) is 0 Å². The summed E-state index contributed by atoms with van der Waals surface area (Å²) in [4.78, 5) is 0. The number of hydrogen-bond donors (Lipinski definition) is 2. The standard InChI is InChI=1S/C14H21NO/c15-13(11-12-7-3-1-4-8-12)14(16)9-5-2-6-10-14/h1,3-4,7-8,13,16H,2,5-6,9-11,15H2/t13-/m1/s1. The smallest absolute Gasteiger partial charge is 0.0801 e. The van der Waals surface area contributed by atoms with Gasteiger partial charge >= 0.3 is 0 Å². The van der Waals surface area contributed by atoms with E-state index in [-0.39, 0.29) is 6.04 Å². The molecular formula is C14H21NO. The zero-order valence-electron chi connectivity index (χ0n) is 9.73. The van der Waals surface area contributed by atoms with Gasteiger partial charge in [0, 0.05) is 6.04 Å². The third kappa shape index (κ3) is 2.63. The Morgan fingerprint density at radius 3 is 2.38 bits per heavy atom. The summed E-state index contributed by atoms with van der Waals surface area (Å²) in [6.07, 6.45) is 5.96. The average molecular weight is 219 g/mol. The van der Waals surface area contributed by atoms with Gasteiger partial charge in [0.05, 0.1) is 5.60 Å². The van der Waals surface area contributed by atoms with Crippen molar-refractivity contribution in [3.8, 4) is 0 Å². The second kappa shape index (κ2) is 4.98. The van der Waals surface area contributed by atoms with Gasteiger partial charge in [-0.05, 0) is 24.8 Å². The topological polar surface area (TPSA) is 46.2 Å². The van der Waals surface area contributed by atoms with Crippen LogP contribution in [0.2, 0.25) is 0 Å². The van der Waals surface area contributed by atoms with Crippen molar-refractivity contribution in [1.29, 1.82) is 0 Å². The molecule has 0 amide bonds. The lowest BCUT2D eigenvalue weighted by molar-refractivity contribution is -0.0192. The molecule has 3 N–H and O–H groups in total. The van der Waals surface area contributed by atoms with E-state index in [4.69, 9.17) is 5.73 Å². The van der Waals surface area contributed by atoms with E-state index in [2.05, 4.69) is 12.1 Å². The van der Waals surface area contributed by atoms with Gasteiger partial charge in [-0.3, -0.25) is 0 Å². The van der Waals surface area contributed by atoms with Gasteiger partial charge in [0.15, 0.2) is 0 Å². The molecular weight excluding hydrogens is 198 g/mol. The molecule has 0 radical (unpaired) electrons. The largest absolute Gasteiger partial charge is 0.388 e. The molecule has 2 heteroatoms. The van der Waals surface area contributed by atoms with Gasteiger partial charge in [-0.2, -0.15) is 0 Å². The van der Waals surface area contributed by atoms with Gasteiger partial charge in [-0.25, -0.2) is 0 Å². The first-order valence-corrected chi connectivity index (χ1v) is 6.23. The van der Waals surface area contributed by atoms with E-state index in [0.29, 0.717) is 0 Å². The fourth-order valence-electron chi connectivity index (χ4n) is 2.59. The Morgan fingerprint density at radius 2 is 1.75 bits per heavy atom. The summed E-state index contributed by atoms with van der Waals surface area (Å²) >= 11 is 0. The van der Waals surface area contributed by atoms with E-state index in [1.54, 1.807) is 0 Å². The van der Waals surface area contributed by atoms with E-state index in [0.717, 1.165) is 32.1 Å². The summed E-state index contributed by atoms with van der Waals surface area (Å²) in [5, 5.41) is 10.5. The minimum Gasteiger partial charge on any atom is -0.388 e. The molecule has 0 bridgehead atoms. The zero-order chi connectivity index (χ0) is 11.4. The highest BCUT2D eigenvalue weighted by molar-refractivity contribution is 5.17. The lowest BCUT2D eigenvalue weighted by Crippen LogP contribution is -2.50. The van der Waals surface area contributed by atoms with Crippen molar-refractivity contribution in [2.24, 2.45) is 5.73 Å². The van der Waals surface area contributed by atoms with E-state index >= 15 is 0 Å². The predicted octanol–water partition coefficient (Wildman–Crippen LogP) is 2.25. The molecule has 0 spiro atoms. The maximum absolute atomic E-state index is 10.5. The van der Waals surface area contributed by atoms with Crippen LogP contribution in [0.25, 0.3) is 0 Å². The predicted molar refractivity (Wildman–Crippen MR) is 66.2 cm³/mol. The van der Waals surface area contributed by atoms with Crippen molar-refractivity contribution in [2.75, 3.05) is 0 Å². The SMILES string of the molecule is N[C@H](Cc1ccccc1)C1(O)CCCCC1. The Morgan fingerprint density at radius 1 is 1.12 bits per heavy atom. The molecule has 0 heterocycles. The maximum atomic E-state index is 10.5. The summed E-state index contributed by atoms with van der Waals surface area (Å²) in [6.45, 7) is 0. The van der Waals surface area contributed by atoms with E-state index in [1.807, 2.05) is 18.2 Å². The Bertz CT molecular complexity index is 317. The molecule has 2 nitrogen and oxygen atoms in total. The van der Waals surface area contributed by atoms with Crippen LogP contribution in [0.1, 0.15) is 37.7 Å². The fraction of sp³-hybridized carbons (Fsp3) is 0.571. The quantitative estimate of drug-likeness (QED) is 0.819. The molecule has 1 fully saturated rings. The Labute approximate surface area is 97.5 Å². The van der Waals surface area contributed by atoms with Crippen molar-refractivity contribution < 1.29 is 5.11 Å². The molecule has 2 rings (SSSR count). The number of aliphatic hydroxyl groups is 1. The Balaban J connectivity index is 1.99. The van der Waals surface area contributed by atoms with Gasteiger partial charge in [0.1, 0.15) is 0 Å². The highest BCUT2D eigenvalue weighted by atomic mass is 16.3. The third-order valence-electron chi connectivity index (χ3n) is 3.71. The molecule has 0 saturated heterocycles. The van der Waals surface area contributed by atoms with Crippen molar-refractivity contribution in [1.82, 2.24) is 0 Å². The molecule has 88 valence electrons. The van der Waals surface area contributed by atoms with E-state index < -0.39 is 5.60 Å². The summed E-state index contributed by atoms with van der Waals surface area (Å²) in [6, 6.07) is 10.1. The van der Waals surface area contributed by atoms with Crippen LogP contribution in [0.15, 0.2) is 30.3 Å². The third-order valence-corrected chi connectivity index (χ3v) is 3.71. The summed E-state index contributed by atoms with van der Waals surface area (Å²) in [5.74, 6) is 0. The molecule has 1 saturated carbocycles. The van der Waals surface area contributed by atoms with Gasteiger partial charge in [0.25, 0.3) is 0 Å². The number of rotatable bonds is 3. The number of benzene rings is 1. The molecule has 0 aliphatic heterocycles. The Kier molecular flexibility index (Phi) is 3.62. The van der Waals surface area contributed by atoms with E-state index in [1.165, 1.54) is 12.0 Å². The molecule has 16 heavy (non-hydrogen) atoms. The van der Waals surface area contributed by atoms with Crippen molar-refractivity contribution in [3.05, 3.63) is 35.9 Å². The van der Waals surface area contributed by atoms with Crippen LogP contribution in [0.3, 0.4) is 0 Å². The second-order valence-corrected chi connectivity index (χ2v) is 4.96. The normalized spacial score (nSPS) is 21.6. The first-order valence-electron chi connectivity index (χ1n) is 6.23. The Hall–Kier alpha value is -0.860. The van der Waals surface area contributed by atoms with Crippen LogP contribution in [-0.2, 0) is 6.42 Å². The highest BCUT2D eigenvalue weighted by Gasteiger charge is 2.35. The second-order valence-electron chi connectivity index (χ2n) is 4.96. The first kappa shape index (κ1) is 11.6. The monoisotopic (exact) mass is 219 g/mol. The first-order chi connectivity index (χ1) is 7.71. The van der Waals surface area contributed by atoms with Gasteiger partial charge in [-0.15, -0.1) is 0 Å². The average Bonchev–Trinajstić information content (AvgIpc) is 2.31. The lowest BCUT2D eigenvalue weighted by atomic mass is 9.78. The van der Waals surface area contributed by atoms with Crippen LogP contribution < -0.4 is 5.73 Å². The van der Waals surface area contributed by atoms with Crippen molar-refractivity contribution in [3.63, 3.8) is 0 Å². The highest BCUT2D eigenvalue weighted by Crippen LogP contribution is 2.31. The zero-order valence-corrected chi connectivity index (χ0v) is 9.73. The van der Waals surface area contributed by atoms with Gasteiger partial charge in [-0.1, -0.05) is 49.6 Å². The van der Waals surface area contributed by atoms with Crippen LogP contribution in [-0.4, -0.2) is 16.7 Å². The van der Waals surface area contributed by atoms with E-state index in [9.17, 15) is 5.11 Å². The molecule has 1 aliphatic rings. The maximum Gasteiger partial charge on any atom is 0.0801 e. The van der Waals surface area contributed by atoms with Crippen molar-refractivity contribution >= 4 is 0 Å².